The lowest BCUT2D eigenvalue weighted by Crippen LogP contribution is -2.53. The van der Waals surface area contributed by atoms with Gasteiger partial charge in [-0.05, 0) is 6.92 Å². The lowest BCUT2D eigenvalue weighted by molar-refractivity contribution is -0.144. The van der Waals surface area contributed by atoms with Gasteiger partial charge in [-0.25, -0.2) is 0 Å². The van der Waals surface area contributed by atoms with Crippen molar-refractivity contribution in [3.05, 3.63) is 0 Å². The number of ether oxygens (including phenoxy) is 1. The highest BCUT2D eigenvalue weighted by atomic mass is 16.5. The van der Waals surface area contributed by atoms with E-state index in [0.717, 1.165) is 0 Å². The molecule has 0 saturated carbocycles. The number of amides is 1. The van der Waals surface area contributed by atoms with Crippen LogP contribution in [0.3, 0.4) is 0 Å². The molecular weight excluding hydrogens is 250 g/mol. The molecule has 1 aliphatic heterocycles. The van der Waals surface area contributed by atoms with Gasteiger partial charge in [-0.2, -0.15) is 0 Å². The molecule has 2 atom stereocenters. The summed E-state index contributed by atoms with van der Waals surface area (Å²) in [6.07, 6.45) is 0.0325. The third kappa shape index (κ3) is 4.45. The fourth-order valence-corrected chi connectivity index (χ4v) is 2.10. The Balaban J connectivity index is 2.41. The molecule has 19 heavy (non-hydrogen) atoms. The number of nitrogens with zero attached hydrogens (tertiary/aromatic N) is 2. The van der Waals surface area contributed by atoms with E-state index in [4.69, 9.17) is 15.6 Å². The smallest absolute Gasteiger partial charge is 0.320 e. The first-order valence-electron chi connectivity index (χ1n) is 6.47. The summed E-state index contributed by atoms with van der Waals surface area (Å²) in [7, 11) is 1.54. The zero-order chi connectivity index (χ0) is 14.4. The second kappa shape index (κ2) is 7.42. The van der Waals surface area contributed by atoms with E-state index in [-0.39, 0.29) is 18.4 Å². The Morgan fingerprint density at radius 3 is 2.32 bits per heavy atom. The minimum Gasteiger partial charge on any atom is -0.480 e. The van der Waals surface area contributed by atoms with Gasteiger partial charge < -0.3 is 20.5 Å². The van der Waals surface area contributed by atoms with Crippen LogP contribution < -0.4 is 5.73 Å². The van der Waals surface area contributed by atoms with E-state index in [1.807, 2.05) is 4.90 Å². The highest BCUT2D eigenvalue weighted by molar-refractivity contribution is 5.77. The second-order valence-electron chi connectivity index (χ2n) is 4.73. The molecule has 2 unspecified atom stereocenters. The third-order valence-electron chi connectivity index (χ3n) is 3.57. The normalized spacial score (nSPS) is 20.1. The Bertz CT molecular complexity index is 312. The van der Waals surface area contributed by atoms with Crippen LogP contribution in [0.25, 0.3) is 0 Å². The number of methoxy groups -OCH3 is 1. The van der Waals surface area contributed by atoms with Crippen molar-refractivity contribution in [3.63, 3.8) is 0 Å². The quantitative estimate of drug-likeness (QED) is 0.642. The predicted octanol–water partition coefficient (Wildman–Crippen LogP) is -1.03. The number of hydrogen-bond acceptors (Lipinski definition) is 5. The monoisotopic (exact) mass is 273 g/mol. The largest absolute Gasteiger partial charge is 0.480 e. The van der Waals surface area contributed by atoms with E-state index in [1.165, 1.54) is 7.11 Å². The molecule has 0 aliphatic carbocycles. The summed E-state index contributed by atoms with van der Waals surface area (Å²) in [6, 6.07) is -0.506. The molecule has 0 spiro atoms. The number of aliphatic carboxylic acids is 1. The summed E-state index contributed by atoms with van der Waals surface area (Å²) in [4.78, 5) is 26.5. The van der Waals surface area contributed by atoms with Crippen LogP contribution in [-0.2, 0) is 14.3 Å². The van der Waals surface area contributed by atoms with Gasteiger partial charge in [0.25, 0.3) is 0 Å². The second-order valence-corrected chi connectivity index (χ2v) is 4.73. The van der Waals surface area contributed by atoms with Crippen molar-refractivity contribution in [2.75, 3.05) is 39.8 Å². The summed E-state index contributed by atoms with van der Waals surface area (Å²) in [5, 5.41) is 8.94. The number of piperazine rings is 1. The van der Waals surface area contributed by atoms with Crippen molar-refractivity contribution in [2.24, 2.45) is 5.73 Å². The van der Waals surface area contributed by atoms with Crippen LogP contribution in [0, 0.1) is 0 Å². The van der Waals surface area contributed by atoms with E-state index in [1.54, 1.807) is 11.8 Å². The van der Waals surface area contributed by atoms with Crippen molar-refractivity contribution in [1.82, 2.24) is 9.80 Å². The molecule has 7 heteroatoms. The predicted molar refractivity (Wildman–Crippen MR) is 69.7 cm³/mol. The molecule has 0 aromatic rings. The van der Waals surface area contributed by atoms with Crippen LogP contribution in [-0.4, -0.2) is 78.8 Å². The van der Waals surface area contributed by atoms with E-state index in [2.05, 4.69) is 0 Å². The lowest BCUT2D eigenvalue weighted by atomic mass is 10.2. The molecule has 0 radical (unpaired) electrons. The molecule has 1 rings (SSSR count). The number of carbonyl (C=O) groups excluding carboxylic acids is 1. The number of rotatable bonds is 6. The lowest BCUT2D eigenvalue weighted by Gasteiger charge is -2.37. The molecule has 0 aromatic heterocycles. The Kier molecular flexibility index (Phi) is 6.20. The first-order valence-corrected chi connectivity index (χ1v) is 6.47. The van der Waals surface area contributed by atoms with Crippen molar-refractivity contribution >= 4 is 11.9 Å². The van der Waals surface area contributed by atoms with E-state index < -0.39 is 12.0 Å². The van der Waals surface area contributed by atoms with Crippen LogP contribution in [0.5, 0.6) is 0 Å². The minimum atomic E-state index is -0.831. The molecule has 110 valence electrons. The summed E-state index contributed by atoms with van der Waals surface area (Å²) in [5.41, 5.74) is 5.49. The van der Waals surface area contributed by atoms with Crippen LogP contribution in [0.1, 0.15) is 13.3 Å². The Morgan fingerprint density at radius 1 is 1.32 bits per heavy atom. The molecule has 1 saturated heterocycles. The number of carbonyl (C=O) groups is 2. The van der Waals surface area contributed by atoms with Crippen LogP contribution in [0.15, 0.2) is 0 Å². The molecular formula is C12H23N3O4. The van der Waals surface area contributed by atoms with E-state index in [0.29, 0.717) is 32.7 Å². The first kappa shape index (κ1) is 15.9. The van der Waals surface area contributed by atoms with Gasteiger partial charge in [0.15, 0.2) is 0 Å². The zero-order valence-corrected chi connectivity index (χ0v) is 11.5. The van der Waals surface area contributed by atoms with Gasteiger partial charge in [0, 0.05) is 39.8 Å². The standard InChI is InChI=1S/C12H23N3O4/c1-9(12(17)18)14-3-5-15(6-4-14)11(16)7-10(8-13)19-2/h9-10H,3-8,13H2,1-2H3,(H,17,18). The maximum Gasteiger partial charge on any atom is 0.320 e. The molecule has 1 heterocycles. The van der Waals surface area contributed by atoms with Crippen molar-refractivity contribution in [1.29, 1.82) is 0 Å². The number of hydrogen-bond donors (Lipinski definition) is 2. The average molecular weight is 273 g/mol. The van der Waals surface area contributed by atoms with Crippen LogP contribution in [0.4, 0.5) is 0 Å². The summed E-state index contributed by atoms with van der Waals surface area (Å²) in [5.74, 6) is -0.817. The summed E-state index contributed by atoms with van der Waals surface area (Å²) in [6.45, 7) is 4.25. The fraction of sp³-hybridized carbons (Fsp3) is 0.833. The first-order chi connectivity index (χ1) is 8.99. The molecule has 1 aliphatic rings. The SMILES string of the molecule is COC(CN)CC(=O)N1CCN(C(C)C(=O)O)CC1. The maximum atomic E-state index is 12.0. The van der Waals surface area contributed by atoms with Gasteiger partial charge in [0.2, 0.25) is 5.91 Å². The molecule has 1 amide bonds. The van der Waals surface area contributed by atoms with Crippen LogP contribution >= 0.6 is 0 Å². The summed E-state index contributed by atoms with van der Waals surface area (Å²) < 4.78 is 5.09. The topological polar surface area (TPSA) is 96.1 Å². The van der Waals surface area contributed by atoms with Gasteiger partial charge in [-0.3, -0.25) is 14.5 Å². The van der Waals surface area contributed by atoms with Gasteiger partial charge in [-0.15, -0.1) is 0 Å². The number of carboxylic acid groups (broad SMARTS) is 1. The fourth-order valence-electron chi connectivity index (χ4n) is 2.10. The Labute approximate surface area is 113 Å². The average Bonchev–Trinajstić information content (AvgIpc) is 2.43. The van der Waals surface area contributed by atoms with Crippen molar-refractivity contribution in [3.8, 4) is 0 Å². The minimum absolute atomic E-state index is 0.0138. The van der Waals surface area contributed by atoms with E-state index >= 15 is 0 Å². The van der Waals surface area contributed by atoms with Gasteiger partial charge in [-0.1, -0.05) is 0 Å². The third-order valence-corrected chi connectivity index (χ3v) is 3.57. The highest BCUT2D eigenvalue weighted by Crippen LogP contribution is 2.09. The maximum absolute atomic E-state index is 12.0. The zero-order valence-electron chi connectivity index (χ0n) is 11.5. The number of carboxylic acids is 1. The molecule has 0 bridgehead atoms. The molecule has 0 aromatic carbocycles. The highest BCUT2D eigenvalue weighted by Gasteiger charge is 2.27. The number of nitrogens with two attached hydrogens (primary N) is 1. The van der Waals surface area contributed by atoms with Crippen LogP contribution in [0.2, 0.25) is 0 Å². The molecule has 1 fully saturated rings. The van der Waals surface area contributed by atoms with E-state index in [9.17, 15) is 9.59 Å². The Morgan fingerprint density at radius 2 is 1.89 bits per heavy atom. The molecule has 7 nitrogen and oxygen atoms in total. The van der Waals surface area contributed by atoms with Gasteiger partial charge >= 0.3 is 5.97 Å². The van der Waals surface area contributed by atoms with Crippen molar-refractivity contribution in [2.45, 2.75) is 25.5 Å². The molecule has 3 N–H and O–H groups in total. The van der Waals surface area contributed by atoms with Crippen molar-refractivity contribution < 1.29 is 19.4 Å². The van der Waals surface area contributed by atoms with Gasteiger partial charge in [0.1, 0.15) is 6.04 Å². The summed E-state index contributed by atoms with van der Waals surface area (Å²) >= 11 is 0. The van der Waals surface area contributed by atoms with Gasteiger partial charge in [0.05, 0.1) is 12.5 Å². The Hall–Kier alpha value is -1.18.